The highest BCUT2D eigenvalue weighted by molar-refractivity contribution is 7.90. The number of nitrogens with one attached hydrogen (secondary N) is 1. The largest absolute Gasteiger partial charge is 0.364 e. The fraction of sp³-hybridized carbons (Fsp3) is 0.556. The van der Waals surface area contributed by atoms with Crippen molar-refractivity contribution in [2.75, 3.05) is 12.0 Å². The fourth-order valence-corrected chi connectivity index (χ4v) is 1.77. The van der Waals surface area contributed by atoms with Crippen molar-refractivity contribution in [1.29, 1.82) is 0 Å². The number of aryl methyl sites for hydroxylation is 2. The van der Waals surface area contributed by atoms with Crippen LogP contribution >= 0.6 is 0 Å². The zero-order chi connectivity index (χ0) is 10.1. The third-order valence-corrected chi connectivity index (χ3v) is 3.18. The second-order valence-corrected chi connectivity index (χ2v) is 5.71. The molecule has 1 N–H and O–H groups in total. The van der Waals surface area contributed by atoms with Crippen LogP contribution in [0.15, 0.2) is 6.20 Å². The summed E-state index contributed by atoms with van der Waals surface area (Å²) < 4.78 is 21.8. The molecule has 0 aliphatic heterocycles. The first-order valence-electron chi connectivity index (χ1n) is 4.21. The Hall–Kier alpha value is -0.770. The summed E-state index contributed by atoms with van der Waals surface area (Å²) in [6.07, 6.45) is 3.75. The van der Waals surface area contributed by atoms with Crippen LogP contribution in [0.5, 0.6) is 0 Å². The van der Waals surface area contributed by atoms with Crippen molar-refractivity contribution in [2.45, 2.75) is 20.3 Å². The minimum Gasteiger partial charge on any atom is -0.364 e. The number of hydrogen-bond donors (Lipinski definition) is 1. The molecule has 0 saturated carbocycles. The predicted octanol–water partition coefficient (Wildman–Crippen LogP) is 1.22. The van der Waals surface area contributed by atoms with E-state index in [-0.39, 0.29) is 5.75 Å². The summed E-state index contributed by atoms with van der Waals surface area (Å²) in [7, 11) is -2.85. The highest BCUT2D eigenvalue weighted by Gasteiger charge is 2.07. The molecule has 0 fully saturated rings. The van der Waals surface area contributed by atoms with Gasteiger partial charge in [-0.05, 0) is 25.0 Å². The van der Waals surface area contributed by atoms with E-state index in [4.69, 9.17) is 0 Å². The Bertz CT molecular complexity index is 390. The molecule has 74 valence electrons. The molecule has 0 spiro atoms. The van der Waals surface area contributed by atoms with E-state index in [0.717, 1.165) is 5.69 Å². The van der Waals surface area contributed by atoms with Gasteiger partial charge in [0.2, 0.25) is 0 Å². The van der Waals surface area contributed by atoms with Gasteiger partial charge < -0.3 is 4.98 Å². The predicted molar refractivity (Wildman–Crippen MR) is 53.7 cm³/mol. The van der Waals surface area contributed by atoms with Crippen molar-refractivity contribution in [3.63, 3.8) is 0 Å². The lowest BCUT2D eigenvalue weighted by Gasteiger charge is -1.99. The molecule has 1 rings (SSSR count). The van der Waals surface area contributed by atoms with Gasteiger partial charge in [-0.15, -0.1) is 0 Å². The third kappa shape index (κ3) is 2.88. The van der Waals surface area contributed by atoms with Gasteiger partial charge in [0.1, 0.15) is 9.84 Å². The van der Waals surface area contributed by atoms with Gasteiger partial charge in [0.05, 0.1) is 5.75 Å². The van der Waals surface area contributed by atoms with Crippen molar-refractivity contribution in [2.24, 2.45) is 0 Å². The fourth-order valence-electron chi connectivity index (χ4n) is 1.20. The highest BCUT2D eigenvalue weighted by Crippen LogP contribution is 2.12. The molecule has 0 amide bonds. The van der Waals surface area contributed by atoms with Crippen molar-refractivity contribution in [1.82, 2.24) is 4.98 Å². The molecule has 13 heavy (non-hydrogen) atoms. The number of rotatable bonds is 3. The summed E-state index contributed by atoms with van der Waals surface area (Å²) in [4.78, 5) is 3.08. The Labute approximate surface area is 79.1 Å². The minimum atomic E-state index is -2.85. The van der Waals surface area contributed by atoms with Gasteiger partial charge in [0.15, 0.2) is 0 Å². The second-order valence-electron chi connectivity index (χ2n) is 3.46. The summed E-state index contributed by atoms with van der Waals surface area (Å²) in [5, 5.41) is 0. The topological polar surface area (TPSA) is 49.9 Å². The van der Waals surface area contributed by atoms with E-state index in [1.807, 2.05) is 20.0 Å². The number of H-pyrrole nitrogens is 1. The monoisotopic (exact) mass is 201 g/mol. The average Bonchev–Trinajstić information content (AvgIpc) is 2.29. The normalized spacial score (nSPS) is 11.9. The van der Waals surface area contributed by atoms with E-state index in [0.29, 0.717) is 6.42 Å². The Morgan fingerprint density at radius 2 is 2.00 bits per heavy atom. The summed E-state index contributed by atoms with van der Waals surface area (Å²) in [6, 6.07) is 0. The molecule has 1 heterocycles. The quantitative estimate of drug-likeness (QED) is 0.799. The van der Waals surface area contributed by atoms with Crippen molar-refractivity contribution in [3.05, 3.63) is 23.0 Å². The van der Waals surface area contributed by atoms with Gasteiger partial charge in [0.25, 0.3) is 0 Å². The summed E-state index contributed by atoms with van der Waals surface area (Å²) >= 11 is 0. The highest BCUT2D eigenvalue weighted by atomic mass is 32.2. The van der Waals surface area contributed by atoms with Crippen molar-refractivity contribution >= 4 is 9.84 Å². The Morgan fingerprint density at radius 1 is 1.38 bits per heavy atom. The maximum absolute atomic E-state index is 10.9. The number of sulfone groups is 1. The first kappa shape index (κ1) is 10.3. The zero-order valence-corrected chi connectivity index (χ0v) is 9.03. The van der Waals surface area contributed by atoms with Crippen molar-refractivity contribution < 1.29 is 8.42 Å². The molecular formula is C9H15NO2S. The number of hydrogen-bond acceptors (Lipinski definition) is 2. The molecule has 4 heteroatoms. The van der Waals surface area contributed by atoms with Crippen LogP contribution in [-0.4, -0.2) is 25.4 Å². The molecule has 0 saturated heterocycles. The molecule has 0 aromatic carbocycles. The molecular weight excluding hydrogens is 186 g/mol. The van der Waals surface area contributed by atoms with Crippen LogP contribution in [0.3, 0.4) is 0 Å². The summed E-state index contributed by atoms with van der Waals surface area (Å²) in [5.74, 6) is 0.216. The molecule has 0 bridgehead atoms. The molecule has 0 aliphatic rings. The van der Waals surface area contributed by atoms with Crippen LogP contribution in [0.2, 0.25) is 0 Å². The maximum Gasteiger partial charge on any atom is 0.147 e. The van der Waals surface area contributed by atoms with Crippen LogP contribution in [-0.2, 0) is 16.3 Å². The zero-order valence-electron chi connectivity index (χ0n) is 8.22. The molecule has 0 radical (unpaired) electrons. The number of aromatic nitrogens is 1. The van der Waals surface area contributed by atoms with Crippen LogP contribution in [0.1, 0.15) is 16.8 Å². The molecule has 3 nitrogen and oxygen atoms in total. The standard InChI is InChI=1S/C9H15NO2S/c1-7-6-10-9(8(7)2)4-5-13(3,11)12/h6,10H,4-5H2,1-3H3. The van der Waals surface area contributed by atoms with Gasteiger partial charge >= 0.3 is 0 Å². The molecule has 1 aromatic rings. The maximum atomic E-state index is 10.9. The van der Waals surface area contributed by atoms with Gasteiger partial charge in [0, 0.05) is 24.6 Å². The number of aromatic amines is 1. The molecule has 0 atom stereocenters. The second kappa shape index (κ2) is 3.54. The summed E-state index contributed by atoms with van der Waals surface area (Å²) in [5.41, 5.74) is 3.38. The van der Waals surface area contributed by atoms with E-state index in [9.17, 15) is 8.42 Å². The third-order valence-electron chi connectivity index (χ3n) is 2.23. The molecule has 1 aromatic heterocycles. The van der Waals surface area contributed by atoms with E-state index in [2.05, 4.69) is 4.98 Å². The Balaban J connectivity index is 2.71. The molecule has 0 unspecified atom stereocenters. The van der Waals surface area contributed by atoms with E-state index in [1.165, 1.54) is 17.4 Å². The first-order valence-corrected chi connectivity index (χ1v) is 6.27. The lowest BCUT2D eigenvalue weighted by atomic mass is 10.1. The van der Waals surface area contributed by atoms with Crippen LogP contribution < -0.4 is 0 Å². The van der Waals surface area contributed by atoms with Gasteiger partial charge in [-0.3, -0.25) is 0 Å². The first-order chi connectivity index (χ1) is 5.90. The Morgan fingerprint density at radius 3 is 2.38 bits per heavy atom. The van der Waals surface area contributed by atoms with Crippen molar-refractivity contribution in [3.8, 4) is 0 Å². The smallest absolute Gasteiger partial charge is 0.147 e. The van der Waals surface area contributed by atoms with E-state index < -0.39 is 9.84 Å². The average molecular weight is 201 g/mol. The van der Waals surface area contributed by atoms with Crippen LogP contribution in [0.4, 0.5) is 0 Å². The lowest BCUT2D eigenvalue weighted by Crippen LogP contribution is -2.06. The summed E-state index contributed by atoms with van der Waals surface area (Å²) in [6.45, 7) is 4.01. The minimum absolute atomic E-state index is 0.216. The SMILES string of the molecule is Cc1c[nH]c(CCS(C)(=O)=O)c1C. The van der Waals surface area contributed by atoms with E-state index in [1.54, 1.807) is 0 Å². The van der Waals surface area contributed by atoms with Gasteiger partial charge in [-0.25, -0.2) is 8.42 Å². The van der Waals surface area contributed by atoms with Gasteiger partial charge in [-0.1, -0.05) is 0 Å². The van der Waals surface area contributed by atoms with Crippen LogP contribution in [0, 0.1) is 13.8 Å². The molecule has 0 aliphatic carbocycles. The van der Waals surface area contributed by atoms with Gasteiger partial charge in [-0.2, -0.15) is 0 Å². The van der Waals surface area contributed by atoms with Crippen LogP contribution in [0.25, 0.3) is 0 Å². The Kier molecular flexibility index (Phi) is 2.81. The van der Waals surface area contributed by atoms with E-state index >= 15 is 0 Å². The lowest BCUT2D eigenvalue weighted by molar-refractivity contribution is 0.601.